The second kappa shape index (κ2) is 5.63. The van der Waals surface area contributed by atoms with Crippen molar-refractivity contribution in [1.82, 2.24) is 0 Å². The van der Waals surface area contributed by atoms with Gasteiger partial charge >= 0.3 is 5.97 Å². The Labute approximate surface area is 106 Å². The Morgan fingerprint density at radius 1 is 1.28 bits per heavy atom. The molecule has 0 aromatic heterocycles. The molecule has 0 aliphatic heterocycles. The van der Waals surface area contributed by atoms with Gasteiger partial charge in [0, 0.05) is 6.42 Å². The van der Waals surface area contributed by atoms with Gasteiger partial charge < -0.3 is 4.74 Å². The second-order valence-corrected chi connectivity index (χ2v) is 4.66. The van der Waals surface area contributed by atoms with Crippen molar-refractivity contribution in [2.45, 2.75) is 26.4 Å². The molecule has 0 N–H and O–H groups in total. The molecule has 1 aliphatic rings. The molecule has 0 heterocycles. The van der Waals surface area contributed by atoms with Gasteiger partial charge in [-0.1, -0.05) is 35.9 Å². The zero-order chi connectivity index (χ0) is 13.0. The fraction of sp³-hybridized carbons (Fsp3) is 0.333. The number of allylic oxidation sites excluding steroid dienone is 2. The largest absolute Gasteiger partial charge is 0.461 e. The number of esters is 1. The predicted molar refractivity (Wildman–Crippen MR) is 67.7 cm³/mol. The Balaban J connectivity index is 1.89. The minimum absolute atomic E-state index is 0.0143. The van der Waals surface area contributed by atoms with Crippen LogP contribution in [0.3, 0.4) is 0 Å². The van der Waals surface area contributed by atoms with E-state index in [1.807, 2.05) is 37.3 Å². The van der Waals surface area contributed by atoms with Crippen LogP contribution in [0.15, 0.2) is 42.0 Å². The van der Waals surface area contributed by atoms with Gasteiger partial charge in [0.05, 0.1) is 5.92 Å². The van der Waals surface area contributed by atoms with E-state index < -0.39 is 0 Å². The molecule has 3 nitrogen and oxygen atoms in total. The maximum Gasteiger partial charge on any atom is 0.310 e. The highest BCUT2D eigenvalue weighted by Gasteiger charge is 2.26. The van der Waals surface area contributed by atoms with Gasteiger partial charge in [-0.15, -0.1) is 0 Å². The number of ketones is 1. The maximum atomic E-state index is 11.9. The van der Waals surface area contributed by atoms with E-state index in [0.717, 1.165) is 11.1 Å². The van der Waals surface area contributed by atoms with Crippen molar-refractivity contribution in [2.24, 2.45) is 5.92 Å². The molecule has 94 valence electrons. The van der Waals surface area contributed by atoms with Crippen LogP contribution >= 0.6 is 0 Å². The molecular formula is C15H16O3. The topological polar surface area (TPSA) is 43.4 Å². The van der Waals surface area contributed by atoms with Crippen molar-refractivity contribution in [1.29, 1.82) is 0 Å². The summed E-state index contributed by atoms with van der Waals surface area (Å²) in [6, 6.07) is 9.54. The Kier molecular flexibility index (Phi) is 3.92. The summed E-state index contributed by atoms with van der Waals surface area (Å²) in [5, 5.41) is 0. The molecule has 2 rings (SSSR count). The highest BCUT2D eigenvalue weighted by atomic mass is 16.5. The Hall–Kier alpha value is -1.90. The van der Waals surface area contributed by atoms with E-state index in [2.05, 4.69) is 0 Å². The lowest BCUT2D eigenvalue weighted by Crippen LogP contribution is -2.23. The average Bonchev–Trinajstić information content (AvgIpc) is 2.36. The van der Waals surface area contributed by atoms with Crippen molar-refractivity contribution in [2.75, 3.05) is 0 Å². The van der Waals surface area contributed by atoms with E-state index in [1.54, 1.807) is 6.08 Å². The molecule has 3 heteroatoms. The molecule has 18 heavy (non-hydrogen) atoms. The molecule has 0 fully saturated rings. The van der Waals surface area contributed by atoms with E-state index >= 15 is 0 Å². The Morgan fingerprint density at radius 3 is 2.67 bits per heavy atom. The number of hydrogen-bond acceptors (Lipinski definition) is 3. The minimum Gasteiger partial charge on any atom is -0.461 e. The number of hydrogen-bond donors (Lipinski definition) is 0. The molecular weight excluding hydrogens is 228 g/mol. The van der Waals surface area contributed by atoms with Crippen molar-refractivity contribution >= 4 is 11.8 Å². The molecule has 1 unspecified atom stereocenters. The van der Waals surface area contributed by atoms with Crippen LogP contribution < -0.4 is 0 Å². The summed E-state index contributed by atoms with van der Waals surface area (Å²) in [6.07, 6.45) is 2.51. The fourth-order valence-electron chi connectivity index (χ4n) is 2.11. The van der Waals surface area contributed by atoms with E-state index in [0.29, 0.717) is 6.42 Å². The third-order valence-electron chi connectivity index (χ3n) is 2.98. The SMILES string of the molecule is CC1=CC(=O)CC(C(=O)OCc2ccccc2)C1. The summed E-state index contributed by atoms with van der Waals surface area (Å²) in [6.45, 7) is 2.14. The number of ether oxygens (including phenoxy) is 1. The van der Waals surface area contributed by atoms with E-state index in [9.17, 15) is 9.59 Å². The van der Waals surface area contributed by atoms with Crippen LogP contribution in [0, 0.1) is 5.92 Å². The monoisotopic (exact) mass is 244 g/mol. The first-order valence-corrected chi connectivity index (χ1v) is 6.05. The molecule has 0 saturated heterocycles. The molecule has 1 atom stereocenters. The first-order chi connectivity index (χ1) is 8.65. The van der Waals surface area contributed by atoms with Gasteiger partial charge in [-0.05, 0) is 25.0 Å². The molecule has 0 radical (unpaired) electrons. The van der Waals surface area contributed by atoms with Crippen molar-refractivity contribution in [3.8, 4) is 0 Å². The molecule has 0 spiro atoms. The van der Waals surface area contributed by atoms with Gasteiger partial charge in [-0.3, -0.25) is 9.59 Å². The third-order valence-corrected chi connectivity index (χ3v) is 2.98. The summed E-state index contributed by atoms with van der Waals surface area (Å²) >= 11 is 0. The lowest BCUT2D eigenvalue weighted by atomic mass is 9.89. The van der Waals surface area contributed by atoms with Gasteiger partial charge in [0.1, 0.15) is 6.61 Å². The highest BCUT2D eigenvalue weighted by molar-refractivity contribution is 5.94. The Bertz CT molecular complexity index is 474. The van der Waals surface area contributed by atoms with Crippen LogP contribution in [0.4, 0.5) is 0 Å². The lowest BCUT2D eigenvalue weighted by Gasteiger charge is -2.18. The maximum absolute atomic E-state index is 11.9. The minimum atomic E-state index is -0.314. The van der Waals surface area contributed by atoms with E-state index in [-0.39, 0.29) is 30.7 Å². The smallest absolute Gasteiger partial charge is 0.310 e. The summed E-state index contributed by atoms with van der Waals surface area (Å²) < 4.78 is 5.25. The molecule has 0 amide bonds. The van der Waals surface area contributed by atoms with Crippen molar-refractivity contribution in [3.05, 3.63) is 47.5 Å². The van der Waals surface area contributed by atoms with Crippen LogP contribution in [0.1, 0.15) is 25.3 Å². The third kappa shape index (κ3) is 3.29. The van der Waals surface area contributed by atoms with Crippen LogP contribution in [0.2, 0.25) is 0 Å². The first-order valence-electron chi connectivity index (χ1n) is 6.05. The summed E-state index contributed by atoms with van der Waals surface area (Å²) in [5.41, 5.74) is 1.91. The van der Waals surface area contributed by atoms with Crippen LogP contribution in [-0.2, 0) is 20.9 Å². The number of benzene rings is 1. The molecule has 0 bridgehead atoms. The zero-order valence-electron chi connectivity index (χ0n) is 10.4. The van der Waals surface area contributed by atoms with Gasteiger partial charge in [-0.25, -0.2) is 0 Å². The normalized spacial score (nSPS) is 19.3. The van der Waals surface area contributed by atoms with Crippen LogP contribution in [0.25, 0.3) is 0 Å². The second-order valence-electron chi connectivity index (χ2n) is 4.66. The number of carbonyl (C=O) groups is 2. The lowest BCUT2D eigenvalue weighted by molar-refractivity contribution is -0.151. The summed E-state index contributed by atoms with van der Waals surface area (Å²) in [5.74, 6) is -0.578. The average molecular weight is 244 g/mol. The van der Waals surface area contributed by atoms with Crippen molar-refractivity contribution < 1.29 is 14.3 Å². The van der Waals surface area contributed by atoms with Crippen molar-refractivity contribution in [3.63, 3.8) is 0 Å². The summed E-state index contributed by atoms with van der Waals surface area (Å²) in [4.78, 5) is 23.2. The number of carbonyl (C=O) groups excluding carboxylic acids is 2. The molecule has 1 aliphatic carbocycles. The Morgan fingerprint density at radius 2 is 2.00 bits per heavy atom. The van der Waals surface area contributed by atoms with Gasteiger partial charge in [0.2, 0.25) is 0 Å². The number of rotatable bonds is 3. The first kappa shape index (κ1) is 12.6. The van der Waals surface area contributed by atoms with E-state index in [1.165, 1.54) is 0 Å². The highest BCUT2D eigenvalue weighted by Crippen LogP contribution is 2.23. The van der Waals surface area contributed by atoms with Gasteiger partial charge in [0.25, 0.3) is 0 Å². The summed E-state index contributed by atoms with van der Waals surface area (Å²) in [7, 11) is 0. The quantitative estimate of drug-likeness (QED) is 0.768. The van der Waals surface area contributed by atoms with E-state index in [4.69, 9.17) is 4.74 Å². The van der Waals surface area contributed by atoms with Gasteiger partial charge in [-0.2, -0.15) is 0 Å². The fourth-order valence-corrected chi connectivity index (χ4v) is 2.11. The zero-order valence-corrected chi connectivity index (χ0v) is 10.4. The standard InChI is InChI=1S/C15H16O3/c1-11-7-13(9-14(16)8-11)15(17)18-10-12-5-3-2-4-6-12/h2-6,8,13H,7,9-10H2,1H3. The van der Waals surface area contributed by atoms with Crippen LogP contribution in [-0.4, -0.2) is 11.8 Å². The van der Waals surface area contributed by atoms with Crippen LogP contribution in [0.5, 0.6) is 0 Å². The molecule has 0 saturated carbocycles. The van der Waals surface area contributed by atoms with Gasteiger partial charge in [0.15, 0.2) is 5.78 Å². The molecule has 1 aromatic rings. The predicted octanol–water partition coefficient (Wildman–Crippen LogP) is 2.66. The molecule has 1 aromatic carbocycles.